The first kappa shape index (κ1) is 12.8. The minimum atomic E-state index is -1.93. The van der Waals surface area contributed by atoms with Crippen LogP contribution in [0.3, 0.4) is 0 Å². The smallest absolute Gasteiger partial charge is 0.186 e. The normalized spacial score (nSPS) is 12.4. The number of pyridine rings is 1. The van der Waals surface area contributed by atoms with Crippen LogP contribution < -0.4 is 5.32 Å². The number of nitrogens with zero attached hydrogens (tertiary/aromatic N) is 1. The van der Waals surface area contributed by atoms with Crippen molar-refractivity contribution < 1.29 is 8.76 Å². The number of aromatic nitrogens is 2. The summed E-state index contributed by atoms with van der Waals surface area (Å²) < 4.78 is 19.8. The molecular weight excluding hydrogens is 274 g/mol. The molecule has 0 aliphatic carbocycles. The summed E-state index contributed by atoms with van der Waals surface area (Å²) in [7, 11) is 0. The molecule has 6 heteroatoms. The first-order valence-corrected chi connectivity index (χ1v) is 7.21. The van der Waals surface area contributed by atoms with Gasteiger partial charge in [-0.05, 0) is 35.9 Å². The molecule has 1 atom stereocenters. The van der Waals surface area contributed by atoms with Gasteiger partial charge in [0.05, 0.1) is 4.90 Å². The molecule has 0 spiro atoms. The molecule has 1 aromatic carbocycles. The van der Waals surface area contributed by atoms with Crippen molar-refractivity contribution in [2.75, 3.05) is 5.32 Å². The fourth-order valence-corrected chi connectivity index (χ4v) is 2.31. The fraction of sp³-hybridized carbons (Fsp3) is 0.0714. The second kappa shape index (κ2) is 5.44. The van der Waals surface area contributed by atoms with Crippen LogP contribution in [0.2, 0.25) is 0 Å². The number of anilines is 1. The number of H-pyrrole nitrogens is 1. The van der Waals surface area contributed by atoms with E-state index < -0.39 is 11.1 Å². The molecule has 3 rings (SSSR count). The molecule has 0 aliphatic heterocycles. The minimum Gasteiger partial charge on any atom is -0.366 e. The number of aromatic amines is 1. The van der Waals surface area contributed by atoms with Crippen molar-refractivity contribution in [2.45, 2.75) is 11.4 Å². The van der Waals surface area contributed by atoms with Gasteiger partial charge in [-0.25, -0.2) is 9.19 Å². The molecule has 2 heterocycles. The fourth-order valence-electron chi connectivity index (χ4n) is 1.95. The minimum absolute atomic E-state index is 0.402. The summed E-state index contributed by atoms with van der Waals surface area (Å²) in [6, 6.07) is 12.8. The molecule has 3 N–H and O–H groups in total. The van der Waals surface area contributed by atoms with E-state index in [9.17, 15) is 4.21 Å². The summed E-state index contributed by atoms with van der Waals surface area (Å²) >= 11 is -1.93. The third-order valence-electron chi connectivity index (χ3n) is 3.01. The summed E-state index contributed by atoms with van der Waals surface area (Å²) in [6.07, 6.45) is 1.86. The number of nitrogens with one attached hydrogen (secondary N) is 2. The van der Waals surface area contributed by atoms with Gasteiger partial charge in [0.25, 0.3) is 0 Å². The van der Waals surface area contributed by atoms with Crippen LogP contribution in [0.25, 0.3) is 11.0 Å². The highest BCUT2D eigenvalue weighted by Gasteiger charge is 2.01. The van der Waals surface area contributed by atoms with Gasteiger partial charge in [0.15, 0.2) is 11.1 Å². The Kier molecular flexibility index (Phi) is 3.49. The SMILES string of the molecule is O=S(O)c1ccc(CNc2ccc3cc[nH]c3n2)cc1. The van der Waals surface area contributed by atoms with Crippen LogP contribution in [0.15, 0.2) is 53.6 Å². The maximum Gasteiger partial charge on any atom is 0.186 e. The van der Waals surface area contributed by atoms with E-state index in [4.69, 9.17) is 4.55 Å². The summed E-state index contributed by atoms with van der Waals surface area (Å²) in [6.45, 7) is 0.609. The lowest BCUT2D eigenvalue weighted by molar-refractivity contribution is 0.564. The van der Waals surface area contributed by atoms with Crippen LogP contribution in [0, 0.1) is 0 Å². The van der Waals surface area contributed by atoms with Gasteiger partial charge in [0.2, 0.25) is 0 Å². The Morgan fingerprint density at radius 1 is 1.15 bits per heavy atom. The zero-order chi connectivity index (χ0) is 13.9. The summed E-state index contributed by atoms with van der Waals surface area (Å²) in [5, 5.41) is 4.30. The molecule has 0 bridgehead atoms. The zero-order valence-corrected chi connectivity index (χ0v) is 11.4. The lowest BCUT2D eigenvalue weighted by atomic mass is 10.2. The van der Waals surface area contributed by atoms with Gasteiger partial charge in [0, 0.05) is 18.1 Å². The standard InChI is InChI=1S/C14H13N3O2S/c18-20(19)12-4-1-10(2-5-12)9-16-13-6-3-11-7-8-15-14(11)17-13/h1-8H,9H2,(H,18,19)(H2,15,16,17). The van der Waals surface area contributed by atoms with Gasteiger partial charge in [-0.1, -0.05) is 12.1 Å². The van der Waals surface area contributed by atoms with E-state index in [0.29, 0.717) is 11.4 Å². The van der Waals surface area contributed by atoms with Crippen molar-refractivity contribution >= 4 is 27.9 Å². The zero-order valence-electron chi connectivity index (χ0n) is 10.5. The summed E-state index contributed by atoms with van der Waals surface area (Å²) in [5.74, 6) is 0.787. The number of hydrogen-bond donors (Lipinski definition) is 3. The predicted molar refractivity (Wildman–Crippen MR) is 78.9 cm³/mol. The van der Waals surface area contributed by atoms with E-state index >= 15 is 0 Å². The van der Waals surface area contributed by atoms with Crippen LogP contribution in [0.5, 0.6) is 0 Å². The maximum atomic E-state index is 10.9. The average Bonchev–Trinajstić information content (AvgIpc) is 2.93. The summed E-state index contributed by atoms with van der Waals surface area (Å²) in [5.41, 5.74) is 1.87. The molecule has 0 amide bonds. The van der Waals surface area contributed by atoms with Crippen molar-refractivity contribution in [2.24, 2.45) is 0 Å². The van der Waals surface area contributed by atoms with E-state index in [2.05, 4.69) is 15.3 Å². The molecule has 0 radical (unpaired) electrons. The molecular formula is C14H13N3O2S. The Labute approximate surface area is 118 Å². The van der Waals surface area contributed by atoms with Crippen molar-refractivity contribution in [3.63, 3.8) is 0 Å². The Bertz CT molecular complexity index is 752. The quantitative estimate of drug-likeness (QED) is 0.645. The molecule has 1 unspecified atom stereocenters. The third kappa shape index (κ3) is 2.71. The van der Waals surface area contributed by atoms with E-state index in [0.717, 1.165) is 22.4 Å². The van der Waals surface area contributed by atoms with Gasteiger partial charge in [-0.2, -0.15) is 0 Å². The Morgan fingerprint density at radius 2 is 1.95 bits per heavy atom. The van der Waals surface area contributed by atoms with Crippen LogP contribution in [0.4, 0.5) is 5.82 Å². The van der Waals surface area contributed by atoms with Crippen molar-refractivity contribution in [1.82, 2.24) is 9.97 Å². The van der Waals surface area contributed by atoms with Crippen molar-refractivity contribution in [3.8, 4) is 0 Å². The second-order valence-electron chi connectivity index (χ2n) is 4.36. The molecule has 5 nitrogen and oxygen atoms in total. The highest BCUT2D eigenvalue weighted by atomic mass is 32.2. The Balaban J connectivity index is 1.70. The number of fused-ring (bicyclic) bond motifs is 1. The first-order valence-electron chi connectivity index (χ1n) is 6.10. The van der Waals surface area contributed by atoms with Gasteiger partial charge < -0.3 is 14.9 Å². The van der Waals surface area contributed by atoms with Crippen molar-refractivity contribution in [3.05, 3.63) is 54.2 Å². The lowest BCUT2D eigenvalue weighted by Gasteiger charge is -2.06. The maximum absolute atomic E-state index is 10.9. The number of hydrogen-bond acceptors (Lipinski definition) is 3. The molecule has 0 aliphatic rings. The predicted octanol–water partition coefficient (Wildman–Crippen LogP) is 2.76. The Hall–Kier alpha value is -2.18. The van der Waals surface area contributed by atoms with Crippen LogP contribution in [-0.4, -0.2) is 18.7 Å². The number of rotatable bonds is 4. The first-order chi connectivity index (χ1) is 9.72. The van der Waals surface area contributed by atoms with Crippen LogP contribution in [0.1, 0.15) is 5.56 Å². The Morgan fingerprint density at radius 3 is 2.70 bits per heavy atom. The van der Waals surface area contributed by atoms with E-state index in [-0.39, 0.29) is 0 Å². The second-order valence-corrected chi connectivity index (χ2v) is 5.33. The van der Waals surface area contributed by atoms with Gasteiger partial charge >= 0.3 is 0 Å². The van der Waals surface area contributed by atoms with E-state index in [1.807, 2.05) is 36.5 Å². The van der Waals surface area contributed by atoms with Gasteiger partial charge in [-0.3, -0.25) is 0 Å². The van der Waals surface area contributed by atoms with E-state index in [1.54, 1.807) is 12.1 Å². The average molecular weight is 287 g/mol. The molecule has 0 saturated heterocycles. The lowest BCUT2D eigenvalue weighted by Crippen LogP contribution is -2.01. The van der Waals surface area contributed by atoms with Crippen LogP contribution in [-0.2, 0) is 17.6 Å². The van der Waals surface area contributed by atoms with Gasteiger partial charge in [0.1, 0.15) is 11.5 Å². The monoisotopic (exact) mass is 287 g/mol. The molecule has 0 saturated carbocycles. The number of benzene rings is 1. The third-order valence-corrected chi connectivity index (χ3v) is 3.68. The molecule has 3 aromatic rings. The molecule has 20 heavy (non-hydrogen) atoms. The largest absolute Gasteiger partial charge is 0.366 e. The van der Waals surface area contributed by atoms with E-state index in [1.165, 1.54) is 0 Å². The highest BCUT2D eigenvalue weighted by molar-refractivity contribution is 7.79. The van der Waals surface area contributed by atoms with Crippen LogP contribution >= 0.6 is 0 Å². The highest BCUT2D eigenvalue weighted by Crippen LogP contribution is 2.14. The summed E-state index contributed by atoms with van der Waals surface area (Å²) in [4.78, 5) is 7.91. The molecule has 102 valence electrons. The topological polar surface area (TPSA) is 78.0 Å². The molecule has 0 fully saturated rings. The van der Waals surface area contributed by atoms with Crippen molar-refractivity contribution in [1.29, 1.82) is 0 Å². The molecule has 2 aromatic heterocycles. The van der Waals surface area contributed by atoms with Gasteiger partial charge in [-0.15, -0.1) is 0 Å².